The van der Waals surface area contributed by atoms with Gasteiger partial charge in [-0.3, -0.25) is 4.79 Å². The van der Waals surface area contributed by atoms with Crippen LogP contribution in [0.4, 0.5) is 0 Å². The third-order valence-electron chi connectivity index (χ3n) is 3.78. The minimum Gasteiger partial charge on any atom is -0.496 e. The fraction of sp³-hybridized carbons (Fsp3) is 0.100. The van der Waals surface area contributed by atoms with E-state index in [0.717, 1.165) is 20.1 Å². The van der Waals surface area contributed by atoms with Gasteiger partial charge >= 0.3 is 0 Å². The molecule has 1 aromatic heterocycles. The van der Waals surface area contributed by atoms with E-state index in [0.29, 0.717) is 22.8 Å². The van der Waals surface area contributed by atoms with Crippen LogP contribution in [0.1, 0.15) is 21.7 Å². The highest BCUT2D eigenvalue weighted by molar-refractivity contribution is 9.10. The zero-order valence-corrected chi connectivity index (χ0v) is 17.8. The van der Waals surface area contributed by atoms with Gasteiger partial charge in [0, 0.05) is 14.5 Å². The minimum absolute atomic E-state index is 0.377. The van der Waals surface area contributed by atoms with Crippen molar-refractivity contribution in [3.05, 3.63) is 74.4 Å². The lowest BCUT2D eigenvalue weighted by Crippen LogP contribution is -2.18. The van der Waals surface area contributed by atoms with Crippen molar-refractivity contribution in [1.82, 2.24) is 5.43 Å². The molecule has 0 saturated carbocycles. The van der Waals surface area contributed by atoms with E-state index in [-0.39, 0.29) is 5.91 Å². The summed E-state index contributed by atoms with van der Waals surface area (Å²) in [5, 5.41) is 3.97. The predicted molar refractivity (Wildman–Crippen MR) is 112 cm³/mol. The molecule has 2 aromatic carbocycles. The third kappa shape index (κ3) is 4.67. The molecule has 27 heavy (non-hydrogen) atoms. The maximum absolute atomic E-state index is 12.3. The number of nitrogens with zero attached hydrogens (tertiary/aromatic N) is 1. The highest BCUT2D eigenvalue weighted by atomic mass is 79.9. The molecule has 0 bridgehead atoms. The summed E-state index contributed by atoms with van der Waals surface area (Å²) in [5.41, 5.74) is 4.96. The van der Waals surface area contributed by atoms with Gasteiger partial charge in [0.1, 0.15) is 17.3 Å². The van der Waals surface area contributed by atoms with Gasteiger partial charge in [0.15, 0.2) is 0 Å². The van der Waals surface area contributed by atoms with Crippen LogP contribution in [0.15, 0.2) is 67.0 Å². The van der Waals surface area contributed by atoms with Gasteiger partial charge in [-0.15, -0.1) is 0 Å². The van der Waals surface area contributed by atoms with Gasteiger partial charge in [-0.05, 0) is 55.0 Å². The third-order valence-corrected chi connectivity index (χ3v) is 4.93. The second kappa shape index (κ2) is 8.54. The lowest BCUT2D eigenvalue weighted by Gasteiger charge is -2.07. The Morgan fingerprint density at radius 2 is 1.96 bits per heavy atom. The molecule has 0 spiro atoms. The number of carbonyl (C=O) groups excluding carboxylic acids is 1. The fourth-order valence-electron chi connectivity index (χ4n) is 2.46. The van der Waals surface area contributed by atoms with Crippen molar-refractivity contribution < 1.29 is 13.9 Å². The Bertz CT molecular complexity index is 1010. The molecule has 0 atom stereocenters. The van der Waals surface area contributed by atoms with Gasteiger partial charge in [-0.2, -0.15) is 5.10 Å². The zero-order chi connectivity index (χ0) is 19.4. The van der Waals surface area contributed by atoms with E-state index in [1.165, 1.54) is 13.3 Å². The Balaban J connectivity index is 1.71. The number of amides is 1. The average molecular weight is 492 g/mol. The van der Waals surface area contributed by atoms with E-state index in [1.54, 1.807) is 24.3 Å². The second-order valence-electron chi connectivity index (χ2n) is 5.73. The first-order chi connectivity index (χ1) is 13.0. The van der Waals surface area contributed by atoms with Crippen molar-refractivity contribution in [1.29, 1.82) is 0 Å². The Labute approximate surface area is 173 Å². The van der Waals surface area contributed by atoms with Crippen molar-refractivity contribution in [3.63, 3.8) is 0 Å². The van der Waals surface area contributed by atoms with Crippen molar-refractivity contribution in [3.8, 4) is 17.1 Å². The first-order valence-electron chi connectivity index (χ1n) is 8.01. The summed E-state index contributed by atoms with van der Waals surface area (Å²) in [6, 6.07) is 14.9. The molecule has 0 fully saturated rings. The smallest absolute Gasteiger partial charge is 0.275 e. The largest absolute Gasteiger partial charge is 0.496 e. The van der Waals surface area contributed by atoms with Crippen LogP contribution >= 0.6 is 31.9 Å². The first-order valence-corrected chi connectivity index (χ1v) is 9.60. The van der Waals surface area contributed by atoms with Gasteiger partial charge in [0.05, 0.1) is 18.9 Å². The minimum atomic E-state index is -0.377. The Morgan fingerprint density at radius 1 is 1.15 bits per heavy atom. The van der Waals surface area contributed by atoms with Gasteiger partial charge < -0.3 is 9.15 Å². The van der Waals surface area contributed by atoms with Crippen molar-refractivity contribution in [2.24, 2.45) is 5.10 Å². The highest BCUT2D eigenvalue weighted by Gasteiger charge is 2.12. The lowest BCUT2D eigenvalue weighted by atomic mass is 10.1. The molecule has 138 valence electrons. The molecule has 0 aliphatic rings. The summed E-state index contributed by atoms with van der Waals surface area (Å²) in [5.74, 6) is 1.33. The number of hydrogen-bond donors (Lipinski definition) is 1. The van der Waals surface area contributed by atoms with Gasteiger partial charge in [-0.1, -0.05) is 37.9 Å². The number of rotatable bonds is 5. The van der Waals surface area contributed by atoms with Crippen molar-refractivity contribution in [2.75, 3.05) is 7.11 Å². The molecule has 7 heteroatoms. The Hall–Kier alpha value is -2.38. The SMILES string of the molecule is COc1ccc(Br)cc1C(=O)N/N=C\c1ccc(-c2ccc(C)cc2Br)o1. The van der Waals surface area contributed by atoms with Crippen molar-refractivity contribution in [2.45, 2.75) is 6.92 Å². The van der Waals surface area contributed by atoms with E-state index < -0.39 is 0 Å². The molecule has 1 heterocycles. The lowest BCUT2D eigenvalue weighted by molar-refractivity contribution is 0.0952. The number of nitrogens with one attached hydrogen (secondary N) is 1. The topological polar surface area (TPSA) is 63.8 Å². The number of methoxy groups -OCH3 is 1. The van der Waals surface area contributed by atoms with E-state index >= 15 is 0 Å². The molecule has 5 nitrogen and oxygen atoms in total. The summed E-state index contributed by atoms with van der Waals surface area (Å²) in [7, 11) is 1.51. The summed E-state index contributed by atoms with van der Waals surface area (Å²) in [6.45, 7) is 2.03. The van der Waals surface area contributed by atoms with E-state index in [9.17, 15) is 4.79 Å². The number of furan rings is 1. The molecule has 0 aliphatic carbocycles. The Morgan fingerprint density at radius 3 is 2.70 bits per heavy atom. The molecule has 3 rings (SSSR count). The number of hydrazone groups is 1. The molecular weight excluding hydrogens is 476 g/mol. The Kier molecular flexibility index (Phi) is 6.13. The molecule has 0 unspecified atom stereocenters. The predicted octanol–water partition coefficient (Wildman–Crippen LogP) is 5.55. The number of halogens is 2. The summed E-state index contributed by atoms with van der Waals surface area (Å²) < 4.78 is 12.7. The average Bonchev–Trinajstić information content (AvgIpc) is 3.10. The number of hydrogen-bond acceptors (Lipinski definition) is 4. The van der Waals surface area contributed by atoms with E-state index in [2.05, 4.69) is 42.4 Å². The second-order valence-corrected chi connectivity index (χ2v) is 7.50. The van der Waals surface area contributed by atoms with Crippen molar-refractivity contribution >= 4 is 44.0 Å². The fourth-order valence-corrected chi connectivity index (χ4v) is 3.51. The van der Waals surface area contributed by atoms with Gasteiger partial charge in [0.25, 0.3) is 5.91 Å². The summed E-state index contributed by atoms with van der Waals surface area (Å²) >= 11 is 6.88. The number of benzene rings is 2. The normalized spacial score (nSPS) is 11.0. The van der Waals surface area contributed by atoms with Crippen LogP contribution in [-0.4, -0.2) is 19.2 Å². The summed E-state index contributed by atoms with van der Waals surface area (Å²) in [6.07, 6.45) is 1.45. The van der Waals surface area contributed by atoms with Gasteiger partial charge in [-0.25, -0.2) is 5.43 Å². The quantitative estimate of drug-likeness (QED) is 0.375. The number of aryl methyl sites for hydroxylation is 1. The maximum atomic E-state index is 12.3. The summed E-state index contributed by atoms with van der Waals surface area (Å²) in [4.78, 5) is 12.3. The molecule has 1 amide bonds. The molecular formula is C20H16Br2N2O3. The molecule has 0 saturated heterocycles. The molecule has 3 aromatic rings. The number of ether oxygens (including phenoxy) is 1. The molecule has 1 N–H and O–H groups in total. The monoisotopic (exact) mass is 490 g/mol. The van der Waals surface area contributed by atoms with E-state index in [1.807, 2.05) is 31.2 Å². The van der Waals surface area contributed by atoms with Crippen LogP contribution in [0.5, 0.6) is 5.75 Å². The van der Waals surface area contributed by atoms with Crippen LogP contribution in [-0.2, 0) is 0 Å². The van der Waals surface area contributed by atoms with Gasteiger partial charge in [0.2, 0.25) is 0 Å². The molecule has 0 radical (unpaired) electrons. The maximum Gasteiger partial charge on any atom is 0.275 e. The van der Waals surface area contributed by atoms with Crippen LogP contribution in [0.3, 0.4) is 0 Å². The van der Waals surface area contributed by atoms with Crippen LogP contribution in [0, 0.1) is 6.92 Å². The van der Waals surface area contributed by atoms with Crippen LogP contribution < -0.4 is 10.2 Å². The number of carbonyl (C=O) groups is 1. The standard InChI is InChI=1S/C20H16Br2N2O3/c1-12-3-6-15(17(22)9-12)19-8-5-14(27-19)11-23-24-20(25)16-10-13(21)4-7-18(16)26-2/h3-11H,1-2H3,(H,24,25)/b23-11-. The first kappa shape index (κ1) is 19.4. The van der Waals surface area contributed by atoms with E-state index in [4.69, 9.17) is 9.15 Å². The van der Waals surface area contributed by atoms with Crippen LogP contribution in [0.25, 0.3) is 11.3 Å². The zero-order valence-electron chi connectivity index (χ0n) is 14.6. The molecule has 0 aliphatic heterocycles. The van der Waals surface area contributed by atoms with Crippen LogP contribution in [0.2, 0.25) is 0 Å². The highest BCUT2D eigenvalue weighted by Crippen LogP contribution is 2.30.